The van der Waals surface area contributed by atoms with Crippen molar-refractivity contribution in [2.45, 2.75) is 19.8 Å². The van der Waals surface area contributed by atoms with Gasteiger partial charge in [-0.05, 0) is 44.0 Å². The lowest BCUT2D eigenvalue weighted by Crippen LogP contribution is -2.27. The van der Waals surface area contributed by atoms with Gasteiger partial charge >= 0.3 is 0 Å². The second-order valence-electron chi connectivity index (χ2n) is 4.78. The normalized spacial score (nSPS) is 14.9. The van der Waals surface area contributed by atoms with Crippen molar-refractivity contribution >= 4 is 21.8 Å². The Hall–Kier alpha value is -1.13. The molecule has 102 valence electrons. The van der Waals surface area contributed by atoms with Crippen LogP contribution in [0, 0.1) is 6.92 Å². The third-order valence-corrected chi connectivity index (χ3v) is 3.83. The predicted octanol–water partition coefficient (Wildman–Crippen LogP) is 2.80. The summed E-state index contributed by atoms with van der Waals surface area (Å²) >= 11 is 3.40. The zero-order valence-corrected chi connectivity index (χ0v) is 12.7. The van der Waals surface area contributed by atoms with Gasteiger partial charge in [0.25, 0.3) is 5.91 Å². The lowest BCUT2D eigenvalue weighted by molar-refractivity contribution is 0.0953. The minimum atomic E-state index is 0.00772. The fourth-order valence-electron chi connectivity index (χ4n) is 2.17. The van der Waals surface area contributed by atoms with Crippen molar-refractivity contribution in [1.29, 1.82) is 0 Å². The summed E-state index contributed by atoms with van der Waals surface area (Å²) in [5.74, 6) is 0.00772. The van der Waals surface area contributed by atoms with Gasteiger partial charge in [0.1, 0.15) is 0 Å². The molecule has 0 saturated heterocycles. The van der Waals surface area contributed by atoms with E-state index < -0.39 is 0 Å². The lowest BCUT2D eigenvalue weighted by atomic mass is 10.1. The van der Waals surface area contributed by atoms with E-state index in [-0.39, 0.29) is 5.91 Å². The highest BCUT2D eigenvalue weighted by atomic mass is 79.9. The Bertz CT molecular complexity index is 497. The van der Waals surface area contributed by atoms with Crippen molar-refractivity contribution in [2.75, 3.05) is 19.6 Å². The molecule has 1 aliphatic heterocycles. The Morgan fingerprint density at radius 3 is 3.05 bits per heavy atom. The number of nitrogens with one attached hydrogen (secondary N) is 2. The molecule has 2 rings (SSSR count). The van der Waals surface area contributed by atoms with E-state index in [1.807, 2.05) is 25.1 Å². The maximum atomic E-state index is 12.1. The Kier molecular flexibility index (Phi) is 5.16. The van der Waals surface area contributed by atoms with E-state index in [4.69, 9.17) is 0 Å². The number of benzene rings is 1. The van der Waals surface area contributed by atoms with Gasteiger partial charge in [0.15, 0.2) is 0 Å². The molecule has 1 aliphatic rings. The minimum absolute atomic E-state index is 0.00772. The smallest absolute Gasteiger partial charge is 0.251 e. The second-order valence-corrected chi connectivity index (χ2v) is 5.70. The molecule has 1 amide bonds. The molecule has 2 N–H and O–H groups in total. The monoisotopic (exact) mass is 322 g/mol. The third kappa shape index (κ3) is 4.18. The van der Waals surface area contributed by atoms with Crippen LogP contribution in [0.4, 0.5) is 0 Å². The highest BCUT2D eigenvalue weighted by Crippen LogP contribution is 2.16. The van der Waals surface area contributed by atoms with Crippen LogP contribution >= 0.6 is 15.9 Å². The summed E-state index contributed by atoms with van der Waals surface area (Å²) in [4.78, 5) is 12.1. The minimum Gasteiger partial charge on any atom is -0.352 e. The number of aryl methyl sites for hydroxylation is 1. The molecular weight excluding hydrogens is 304 g/mol. The molecule has 0 unspecified atom stereocenters. The molecular formula is C15H19BrN2O. The van der Waals surface area contributed by atoms with Gasteiger partial charge in [0.2, 0.25) is 0 Å². The molecule has 3 nitrogen and oxygen atoms in total. The molecule has 0 bridgehead atoms. The first kappa shape index (κ1) is 14.3. The topological polar surface area (TPSA) is 41.1 Å². The summed E-state index contributed by atoms with van der Waals surface area (Å²) in [5.41, 5.74) is 3.18. The number of carbonyl (C=O) groups excluding carboxylic acids is 1. The summed E-state index contributed by atoms with van der Waals surface area (Å²) in [6, 6.07) is 5.77. The van der Waals surface area contributed by atoms with E-state index in [1.54, 1.807) is 0 Å². The van der Waals surface area contributed by atoms with Crippen LogP contribution in [0.5, 0.6) is 0 Å². The fraction of sp³-hybridized carbons (Fsp3) is 0.400. The van der Waals surface area contributed by atoms with E-state index in [0.29, 0.717) is 6.54 Å². The van der Waals surface area contributed by atoms with E-state index in [2.05, 4.69) is 32.6 Å². The van der Waals surface area contributed by atoms with Gasteiger partial charge in [-0.1, -0.05) is 33.6 Å². The van der Waals surface area contributed by atoms with Crippen molar-refractivity contribution in [3.8, 4) is 0 Å². The maximum absolute atomic E-state index is 12.1. The van der Waals surface area contributed by atoms with Crippen molar-refractivity contribution in [2.24, 2.45) is 0 Å². The van der Waals surface area contributed by atoms with E-state index in [1.165, 1.54) is 5.57 Å². The van der Waals surface area contributed by atoms with Gasteiger partial charge in [-0.3, -0.25) is 4.79 Å². The average molecular weight is 323 g/mol. The average Bonchev–Trinajstić information content (AvgIpc) is 2.42. The number of carbonyl (C=O) groups is 1. The van der Waals surface area contributed by atoms with E-state index in [0.717, 1.165) is 41.5 Å². The molecule has 4 heteroatoms. The Morgan fingerprint density at radius 1 is 1.47 bits per heavy atom. The first-order valence-electron chi connectivity index (χ1n) is 6.60. The second kappa shape index (κ2) is 6.87. The van der Waals surface area contributed by atoms with E-state index >= 15 is 0 Å². The van der Waals surface area contributed by atoms with Crippen molar-refractivity contribution in [3.63, 3.8) is 0 Å². The van der Waals surface area contributed by atoms with Crippen LogP contribution in [0.3, 0.4) is 0 Å². The van der Waals surface area contributed by atoms with Crippen LogP contribution in [-0.4, -0.2) is 25.5 Å². The van der Waals surface area contributed by atoms with Gasteiger partial charge in [-0.25, -0.2) is 0 Å². The van der Waals surface area contributed by atoms with Crippen LogP contribution in [0.25, 0.3) is 0 Å². The molecule has 0 spiro atoms. The van der Waals surface area contributed by atoms with E-state index in [9.17, 15) is 4.79 Å². The SMILES string of the molecule is Cc1ccc(Br)cc1C(=O)NCCC1=CCNCC1. The molecule has 1 aromatic rings. The summed E-state index contributed by atoms with van der Waals surface area (Å²) in [6.45, 7) is 4.66. The Morgan fingerprint density at radius 2 is 2.32 bits per heavy atom. The van der Waals surface area contributed by atoms with Crippen molar-refractivity contribution < 1.29 is 4.79 Å². The first-order chi connectivity index (χ1) is 9.16. The third-order valence-electron chi connectivity index (χ3n) is 3.33. The quantitative estimate of drug-likeness (QED) is 0.837. The number of rotatable bonds is 4. The zero-order chi connectivity index (χ0) is 13.7. The molecule has 0 atom stereocenters. The van der Waals surface area contributed by atoms with Crippen LogP contribution < -0.4 is 10.6 Å². The summed E-state index contributed by atoms with van der Waals surface area (Å²) in [6.07, 6.45) is 4.26. The van der Waals surface area contributed by atoms with Crippen molar-refractivity contribution in [3.05, 3.63) is 45.4 Å². The standard InChI is InChI=1S/C15H19BrN2O/c1-11-2-3-13(16)10-14(11)15(19)18-9-6-12-4-7-17-8-5-12/h2-4,10,17H,5-9H2,1H3,(H,18,19). The van der Waals surface area contributed by atoms with Gasteiger partial charge in [-0.15, -0.1) is 0 Å². The number of hydrogen-bond acceptors (Lipinski definition) is 2. The molecule has 1 aromatic carbocycles. The number of hydrogen-bond donors (Lipinski definition) is 2. The highest BCUT2D eigenvalue weighted by Gasteiger charge is 2.09. The van der Waals surface area contributed by atoms with Gasteiger partial charge in [0, 0.05) is 23.1 Å². The van der Waals surface area contributed by atoms with Crippen LogP contribution in [0.2, 0.25) is 0 Å². The molecule has 0 fully saturated rings. The maximum Gasteiger partial charge on any atom is 0.251 e. The summed E-state index contributed by atoms with van der Waals surface area (Å²) in [5, 5.41) is 6.28. The Labute approximate surface area is 122 Å². The highest BCUT2D eigenvalue weighted by molar-refractivity contribution is 9.10. The molecule has 19 heavy (non-hydrogen) atoms. The number of halogens is 1. The van der Waals surface area contributed by atoms with Gasteiger partial charge in [0.05, 0.1) is 0 Å². The summed E-state index contributed by atoms with van der Waals surface area (Å²) < 4.78 is 0.935. The fourth-order valence-corrected chi connectivity index (χ4v) is 2.53. The van der Waals surface area contributed by atoms with Crippen LogP contribution in [0.1, 0.15) is 28.8 Å². The van der Waals surface area contributed by atoms with Crippen LogP contribution in [-0.2, 0) is 0 Å². The summed E-state index contributed by atoms with van der Waals surface area (Å²) in [7, 11) is 0. The van der Waals surface area contributed by atoms with Crippen LogP contribution in [0.15, 0.2) is 34.3 Å². The molecule has 1 heterocycles. The zero-order valence-electron chi connectivity index (χ0n) is 11.1. The Balaban J connectivity index is 1.87. The molecule has 0 aliphatic carbocycles. The molecule has 0 radical (unpaired) electrons. The molecule has 0 saturated carbocycles. The number of amides is 1. The first-order valence-corrected chi connectivity index (χ1v) is 7.39. The van der Waals surface area contributed by atoms with Gasteiger partial charge in [-0.2, -0.15) is 0 Å². The lowest BCUT2D eigenvalue weighted by Gasteiger charge is -2.14. The van der Waals surface area contributed by atoms with Gasteiger partial charge < -0.3 is 10.6 Å². The molecule has 0 aromatic heterocycles. The predicted molar refractivity (Wildman–Crippen MR) is 81.4 cm³/mol. The van der Waals surface area contributed by atoms with Crippen molar-refractivity contribution in [1.82, 2.24) is 10.6 Å². The largest absolute Gasteiger partial charge is 0.352 e.